The number of carbonyl (C=O) groups excluding carboxylic acids is 1. The fraction of sp³-hybridized carbons (Fsp3) is 0.417. The molecular weight excluding hydrogens is 286 g/mol. The molecule has 0 aromatic heterocycles. The highest BCUT2D eigenvalue weighted by Gasteiger charge is 2.14. The molecule has 0 radical (unpaired) electrons. The van der Waals surface area contributed by atoms with Crippen molar-refractivity contribution in [1.82, 2.24) is 5.32 Å². The fourth-order valence-corrected chi connectivity index (χ4v) is 1.90. The zero-order valence-corrected chi connectivity index (χ0v) is 11.8. The van der Waals surface area contributed by atoms with E-state index in [0.29, 0.717) is 28.1 Å². The van der Waals surface area contributed by atoms with Crippen LogP contribution in [-0.4, -0.2) is 26.7 Å². The number of nitrogens with one attached hydrogen (secondary N) is 1. The molecule has 17 heavy (non-hydrogen) atoms. The van der Waals surface area contributed by atoms with Crippen LogP contribution >= 0.6 is 15.9 Å². The van der Waals surface area contributed by atoms with Crippen LogP contribution in [0.4, 0.5) is 0 Å². The van der Waals surface area contributed by atoms with Crippen molar-refractivity contribution in [3.05, 3.63) is 22.2 Å². The van der Waals surface area contributed by atoms with Crippen molar-refractivity contribution in [3.8, 4) is 11.5 Å². The van der Waals surface area contributed by atoms with Gasteiger partial charge in [-0.3, -0.25) is 4.79 Å². The number of methoxy groups -OCH3 is 1. The quantitative estimate of drug-likeness (QED) is 0.909. The highest BCUT2D eigenvalue weighted by atomic mass is 79.9. The predicted molar refractivity (Wildman–Crippen MR) is 69.9 cm³/mol. The van der Waals surface area contributed by atoms with Gasteiger partial charge in [0.2, 0.25) is 0 Å². The lowest BCUT2D eigenvalue weighted by Gasteiger charge is -2.13. The van der Waals surface area contributed by atoms with E-state index in [9.17, 15) is 4.79 Å². The average molecular weight is 302 g/mol. The lowest BCUT2D eigenvalue weighted by Crippen LogP contribution is -2.18. The van der Waals surface area contributed by atoms with E-state index in [1.54, 1.807) is 26.3 Å². The van der Waals surface area contributed by atoms with E-state index in [0.717, 1.165) is 6.42 Å². The molecule has 0 heterocycles. The number of halogens is 1. The molecule has 0 aliphatic heterocycles. The van der Waals surface area contributed by atoms with Crippen molar-refractivity contribution in [3.63, 3.8) is 0 Å². The largest absolute Gasteiger partial charge is 0.493 e. The Morgan fingerprint density at radius 3 is 2.71 bits per heavy atom. The molecule has 0 aliphatic carbocycles. The molecule has 0 saturated heterocycles. The van der Waals surface area contributed by atoms with Crippen LogP contribution in [-0.2, 0) is 0 Å². The maximum Gasteiger partial charge on any atom is 0.251 e. The summed E-state index contributed by atoms with van der Waals surface area (Å²) in [7, 11) is 3.14. The molecule has 1 N–H and O–H groups in total. The minimum atomic E-state index is -0.161. The maximum atomic E-state index is 11.5. The summed E-state index contributed by atoms with van der Waals surface area (Å²) in [5.74, 6) is 1.01. The van der Waals surface area contributed by atoms with Gasteiger partial charge in [-0.15, -0.1) is 0 Å². The van der Waals surface area contributed by atoms with E-state index < -0.39 is 0 Å². The lowest BCUT2D eigenvalue weighted by molar-refractivity contribution is 0.0962. The minimum absolute atomic E-state index is 0.161. The molecule has 0 fully saturated rings. The Bertz CT molecular complexity index is 407. The molecule has 4 nitrogen and oxygen atoms in total. The second kappa shape index (κ2) is 6.49. The first-order chi connectivity index (χ1) is 8.13. The third-order valence-electron chi connectivity index (χ3n) is 2.17. The maximum absolute atomic E-state index is 11.5. The van der Waals surface area contributed by atoms with Gasteiger partial charge in [0, 0.05) is 12.6 Å². The minimum Gasteiger partial charge on any atom is -0.493 e. The standard InChI is InChI=1S/C12H16BrNO3/c1-4-5-17-11-9(13)6-8(12(15)14-2)7-10(11)16-3/h6-7H,4-5H2,1-3H3,(H,14,15). The zero-order chi connectivity index (χ0) is 12.8. The van der Waals surface area contributed by atoms with E-state index in [4.69, 9.17) is 9.47 Å². The average Bonchev–Trinajstić information content (AvgIpc) is 2.35. The van der Waals surface area contributed by atoms with Crippen LogP contribution in [0.2, 0.25) is 0 Å². The van der Waals surface area contributed by atoms with E-state index in [1.165, 1.54) is 0 Å². The number of carbonyl (C=O) groups is 1. The summed E-state index contributed by atoms with van der Waals surface area (Å²) in [4.78, 5) is 11.5. The Labute approximate surface area is 109 Å². The van der Waals surface area contributed by atoms with Crippen molar-refractivity contribution in [2.45, 2.75) is 13.3 Å². The molecule has 1 aromatic carbocycles. The van der Waals surface area contributed by atoms with Crippen molar-refractivity contribution in [1.29, 1.82) is 0 Å². The van der Waals surface area contributed by atoms with Crippen LogP contribution in [0.1, 0.15) is 23.7 Å². The van der Waals surface area contributed by atoms with E-state index in [1.807, 2.05) is 6.92 Å². The Hall–Kier alpha value is -1.23. The summed E-state index contributed by atoms with van der Waals surface area (Å²) >= 11 is 3.38. The second-order valence-corrected chi connectivity index (χ2v) is 4.27. The van der Waals surface area contributed by atoms with Gasteiger partial charge in [-0.25, -0.2) is 0 Å². The number of hydrogen-bond acceptors (Lipinski definition) is 3. The van der Waals surface area contributed by atoms with Gasteiger partial charge in [-0.1, -0.05) is 6.92 Å². The molecule has 0 spiro atoms. The molecular formula is C12H16BrNO3. The molecule has 1 rings (SSSR count). The fourth-order valence-electron chi connectivity index (χ4n) is 1.34. The van der Waals surface area contributed by atoms with Gasteiger partial charge < -0.3 is 14.8 Å². The Morgan fingerprint density at radius 1 is 1.47 bits per heavy atom. The number of hydrogen-bond donors (Lipinski definition) is 1. The molecule has 5 heteroatoms. The summed E-state index contributed by atoms with van der Waals surface area (Å²) in [6.07, 6.45) is 0.910. The summed E-state index contributed by atoms with van der Waals surface area (Å²) < 4.78 is 11.5. The zero-order valence-electron chi connectivity index (χ0n) is 10.2. The van der Waals surface area contributed by atoms with Crippen LogP contribution in [0.25, 0.3) is 0 Å². The van der Waals surface area contributed by atoms with Gasteiger partial charge in [0.15, 0.2) is 11.5 Å². The van der Waals surface area contributed by atoms with Gasteiger partial charge in [-0.2, -0.15) is 0 Å². The second-order valence-electron chi connectivity index (χ2n) is 3.42. The molecule has 1 amide bonds. The number of ether oxygens (including phenoxy) is 2. The molecule has 0 atom stereocenters. The van der Waals surface area contributed by atoms with Crippen molar-refractivity contribution in [2.24, 2.45) is 0 Å². The summed E-state index contributed by atoms with van der Waals surface area (Å²) in [5, 5.41) is 2.57. The number of benzene rings is 1. The smallest absolute Gasteiger partial charge is 0.251 e. The van der Waals surface area contributed by atoms with Gasteiger partial charge in [0.05, 0.1) is 18.2 Å². The van der Waals surface area contributed by atoms with Crippen LogP contribution in [0.3, 0.4) is 0 Å². The van der Waals surface area contributed by atoms with E-state index >= 15 is 0 Å². The van der Waals surface area contributed by atoms with Gasteiger partial charge in [0.1, 0.15) is 0 Å². The highest BCUT2D eigenvalue weighted by Crippen LogP contribution is 2.36. The third kappa shape index (κ3) is 3.36. The van der Waals surface area contributed by atoms with Gasteiger partial charge in [0.25, 0.3) is 5.91 Å². The summed E-state index contributed by atoms with van der Waals surface area (Å²) in [6, 6.07) is 3.38. The van der Waals surface area contributed by atoms with Crippen molar-refractivity contribution >= 4 is 21.8 Å². The SMILES string of the molecule is CCCOc1c(Br)cc(C(=O)NC)cc1OC. The molecule has 0 unspecified atom stereocenters. The normalized spacial score (nSPS) is 9.88. The first-order valence-electron chi connectivity index (χ1n) is 5.36. The number of amides is 1. The van der Waals surface area contributed by atoms with Gasteiger partial charge >= 0.3 is 0 Å². The van der Waals surface area contributed by atoms with E-state index in [2.05, 4.69) is 21.2 Å². The van der Waals surface area contributed by atoms with Crippen LogP contribution in [0.15, 0.2) is 16.6 Å². The monoisotopic (exact) mass is 301 g/mol. The molecule has 1 aromatic rings. The van der Waals surface area contributed by atoms with Crippen molar-refractivity contribution in [2.75, 3.05) is 20.8 Å². The highest BCUT2D eigenvalue weighted by molar-refractivity contribution is 9.10. The van der Waals surface area contributed by atoms with Crippen LogP contribution < -0.4 is 14.8 Å². The Balaban J connectivity index is 3.11. The van der Waals surface area contributed by atoms with Crippen LogP contribution in [0, 0.1) is 0 Å². The van der Waals surface area contributed by atoms with Gasteiger partial charge in [-0.05, 0) is 34.5 Å². The topological polar surface area (TPSA) is 47.6 Å². The lowest BCUT2D eigenvalue weighted by atomic mass is 10.2. The summed E-state index contributed by atoms with van der Waals surface area (Å²) in [5.41, 5.74) is 0.528. The summed E-state index contributed by atoms with van der Waals surface area (Å²) in [6.45, 7) is 2.63. The number of rotatable bonds is 5. The molecule has 0 saturated carbocycles. The predicted octanol–water partition coefficient (Wildman–Crippen LogP) is 2.61. The molecule has 94 valence electrons. The van der Waals surface area contributed by atoms with E-state index in [-0.39, 0.29) is 5.91 Å². The molecule has 0 aliphatic rings. The van der Waals surface area contributed by atoms with Crippen molar-refractivity contribution < 1.29 is 14.3 Å². The first-order valence-corrected chi connectivity index (χ1v) is 6.15. The Kier molecular flexibility index (Phi) is 5.28. The third-order valence-corrected chi connectivity index (χ3v) is 2.76. The first kappa shape index (κ1) is 13.8. The Morgan fingerprint density at radius 2 is 2.18 bits per heavy atom. The molecule has 0 bridgehead atoms. The van der Waals surface area contributed by atoms with Crippen LogP contribution in [0.5, 0.6) is 11.5 Å².